The van der Waals surface area contributed by atoms with Crippen molar-refractivity contribution in [3.05, 3.63) is 52.7 Å². The Kier molecular flexibility index (Phi) is 5.67. The Bertz CT molecular complexity index is 893. The van der Waals surface area contributed by atoms with Gasteiger partial charge in [-0.2, -0.15) is 0 Å². The Morgan fingerprint density at radius 2 is 1.62 bits per heavy atom. The summed E-state index contributed by atoms with van der Waals surface area (Å²) in [5.41, 5.74) is 2.16. The average Bonchev–Trinajstić information content (AvgIpc) is 3.15. The molecule has 0 aliphatic carbocycles. The van der Waals surface area contributed by atoms with Crippen molar-refractivity contribution in [2.75, 3.05) is 39.4 Å². The van der Waals surface area contributed by atoms with E-state index >= 15 is 0 Å². The first-order valence-electron chi connectivity index (χ1n) is 10.2. The second-order valence-electron chi connectivity index (χ2n) is 7.74. The summed E-state index contributed by atoms with van der Waals surface area (Å²) in [5.74, 6) is 1.29. The van der Waals surface area contributed by atoms with Crippen molar-refractivity contribution in [1.29, 1.82) is 0 Å². The molecule has 2 fully saturated rings. The Labute approximate surface area is 170 Å². The molecule has 0 N–H and O–H groups in total. The van der Waals surface area contributed by atoms with Gasteiger partial charge in [-0.05, 0) is 38.3 Å². The second-order valence-corrected chi connectivity index (χ2v) is 7.74. The molecule has 0 spiro atoms. The molecule has 154 valence electrons. The minimum absolute atomic E-state index is 0.0771. The van der Waals surface area contributed by atoms with Crippen LogP contribution in [0.15, 0.2) is 28.7 Å². The van der Waals surface area contributed by atoms with Crippen molar-refractivity contribution in [2.24, 2.45) is 0 Å². The van der Waals surface area contributed by atoms with Crippen LogP contribution in [-0.2, 0) is 4.74 Å². The smallest absolute Gasteiger partial charge is 0.276 e. The lowest BCUT2D eigenvalue weighted by Gasteiger charge is -2.31. The second kappa shape index (κ2) is 8.37. The number of aryl methyl sites for hydroxylation is 2. The highest BCUT2D eigenvalue weighted by Crippen LogP contribution is 2.30. The molecule has 2 saturated heterocycles. The van der Waals surface area contributed by atoms with Crippen molar-refractivity contribution in [2.45, 2.75) is 32.6 Å². The van der Waals surface area contributed by atoms with Gasteiger partial charge in [0.25, 0.3) is 11.8 Å². The number of amides is 2. The van der Waals surface area contributed by atoms with E-state index in [2.05, 4.69) is 4.98 Å². The largest absolute Gasteiger partial charge is 0.445 e. The van der Waals surface area contributed by atoms with E-state index in [-0.39, 0.29) is 17.7 Å². The lowest BCUT2D eigenvalue weighted by molar-refractivity contribution is 0.0298. The summed E-state index contributed by atoms with van der Waals surface area (Å²) in [6.45, 7) is 7.35. The third-order valence-electron chi connectivity index (χ3n) is 5.82. The van der Waals surface area contributed by atoms with E-state index in [1.165, 1.54) is 0 Å². The molecule has 2 aliphatic heterocycles. The number of piperidine rings is 1. The third-order valence-corrected chi connectivity index (χ3v) is 5.82. The van der Waals surface area contributed by atoms with Crippen molar-refractivity contribution >= 4 is 11.8 Å². The zero-order valence-electron chi connectivity index (χ0n) is 17.0. The Morgan fingerprint density at radius 1 is 0.966 bits per heavy atom. The van der Waals surface area contributed by atoms with Crippen molar-refractivity contribution < 1.29 is 18.7 Å². The summed E-state index contributed by atoms with van der Waals surface area (Å²) >= 11 is 0. The number of hydrogen-bond acceptors (Lipinski definition) is 5. The van der Waals surface area contributed by atoms with Gasteiger partial charge < -0.3 is 19.0 Å². The molecule has 0 saturated carbocycles. The minimum Gasteiger partial charge on any atom is -0.445 e. The molecule has 1 aromatic heterocycles. The zero-order valence-corrected chi connectivity index (χ0v) is 17.0. The van der Waals surface area contributed by atoms with Gasteiger partial charge in [0, 0.05) is 37.7 Å². The van der Waals surface area contributed by atoms with Gasteiger partial charge in [0.05, 0.1) is 13.2 Å². The average molecular weight is 397 g/mol. The van der Waals surface area contributed by atoms with Crippen LogP contribution >= 0.6 is 0 Å². The van der Waals surface area contributed by atoms with E-state index in [1.807, 2.05) is 36.1 Å². The third kappa shape index (κ3) is 4.05. The van der Waals surface area contributed by atoms with Crippen LogP contribution in [0, 0.1) is 13.8 Å². The summed E-state index contributed by atoms with van der Waals surface area (Å²) in [6, 6.07) is 7.68. The van der Waals surface area contributed by atoms with Gasteiger partial charge in [0.1, 0.15) is 5.76 Å². The van der Waals surface area contributed by atoms with Crippen LogP contribution in [-0.4, -0.2) is 66.0 Å². The predicted molar refractivity (Wildman–Crippen MR) is 107 cm³/mol. The Balaban J connectivity index is 1.41. The van der Waals surface area contributed by atoms with Gasteiger partial charge >= 0.3 is 0 Å². The fourth-order valence-electron chi connectivity index (χ4n) is 4.02. The van der Waals surface area contributed by atoms with Crippen LogP contribution in [0.2, 0.25) is 0 Å². The lowest BCUT2D eigenvalue weighted by atomic mass is 9.96. The molecule has 2 amide bonds. The zero-order chi connectivity index (χ0) is 20.4. The van der Waals surface area contributed by atoms with Crippen molar-refractivity contribution in [3.8, 4) is 0 Å². The molecular formula is C22H27N3O4. The van der Waals surface area contributed by atoms with E-state index in [9.17, 15) is 9.59 Å². The van der Waals surface area contributed by atoms with Gasteiger partial charge in [0.15, 0.2) is 11.6 Å². The normalized spacial score (nSPS) is 18.1. The molecule has 2 aromatic rings. The van der Waals surface area contributed by atoms with E-state index in [4.69, 9.17) is 9.15 Å². The quantitative estimate of drug-likeness (QED) is 0.796. The number of likely N-dealkylation sites (tertiary alicyclic amines) is 1. The lowest BCUT2D eigenvalue weighted by Crippen LogP contribution is -2.41. The molecule has 1 aromatic carbocycles. The van der Waals surface area contributed by atoms with Crippen LogP contribution in [0.3, 0.4) is 0 Å². The standard InChI is InChI=1S/C22H27N3O4/c1-15-5-3-4-6-18(15)21(26)24-9-7-17(8-10-24)20-23-19(16(2)29-20)22(27)25-11-13-28-14-12-25/h3-6,17H,7-14H2,1-2H3. The number of ether oxygens (including phenoxy) is 1. The van der Waals surface area contributed by atoms with Gasteiger partial charge in [-0.1, -0.05) is 18.2 Å². The first-order chi connectivity index (χ1) is 14.0. The van der Waals surface area contributed by atoms with Crippen molar-refractivity contribution in [3.63, 3.8) is 0 Å². The number of rotatable bonds is 3. The molecular weight excluding hydrogens is 370 g/mol. The first kappa shape index (κ1) is 19.6. The van der Waals surface area contributed by atoms with Crippen molar-refractivity contribution in [1.82, 2.24) is 14.8 Å². The topological polar surface area (TPSA) is 75.9 Å². The van der Waals surface area contributed by atoms with E-state index < -0.39 is 0 Å². The summed E-state index contributed by atoms with van der Waals surface area (Å²) < 4.78 is 11.2. The summed E-state index contributed by atoms with van der Waals surface area (Å²) in [5, 5.41) is 0. The maximum absolute atomic E-state index is 12.8. The van der Waals surface area contributed by atoms with Gasteiger partial charge in [-0.3, -0.25) is 9.59 Å². The summed E-state index contributed by atoms with van der Waals surface area (Å²) in [6.07, 6.45) is 1.56. The highest BCUT2D eigenvalue weighted by Gasteiger charge is 2.30. The molecule has 0 radical (unpaired) electrons. The highest BCUT2D eigenvalue weighted by atomic mass is 16.5. The van der Waals surface area contributed by atoms with Crippen LogP contribution in [0.4, 0.5) is 0 Å². The molecule has 0 bridgehead atoms. The van der Waals surface area contributed by atoms with E-state index in [0.29, 0.717) is 56.7 Å². The number of oxazole rings is 1. The molecule has 7 heteroatoms. The fourth-order valence-corrected chi connectivity index (χ4v) is 4.02. The number of nitrogens with zero attached hydrogens (tertiary/aromatic N) is 3. The molecule has 3 heterocycles. The van der Waals surface area contributed by atoms with Gasteiger partial charge in [-0.15, -0.1) is 0 Å². The maximum atomic E-state index is 12.8. The molecule has 4 rings (SSSR count). The van der Waals surface area contributed by atoms with Crippen LogP contribution in [0.1, 0.15) is 56.8 Å². The molecule has 29 heavy (non-hydrogen) atoms. The highest BCUT2D eigenvalue weighted by molar-refractivity contribution is 5.95. The number of carbonyl (C=O) groups excluding carboxylic acids is 2. The molecule has 7 nitrogen and oxygen atoms in total. The summed E-state index contributed by atoms with van der Waals surface area (Å²) in [4.78, 5) is 33.8. The number of benzene rings is 1. The number of hydrogen-bond donors (Lipinski definition) is 0. The van der Waals surface area contributed by atoms with Crippen LogP contribution in [0.5, 0.6) is 0 Å². The van der Waals surface area contributed by atoms with Crippen LogP contribution < -0.4 is 0 Å². The summed E-state index contributed by atoms with van der Waals surface area (Å²) in [7, 11) is 0. The number of aromatic nitrogens is 1. The molecule has 0 unspecified atom stereocenters. The first-order valence-corrected chi connectivity index (χ1v) is 10.2. The van der Waals surface area contributed by atoms with Crippen LogP contribution in [0.25, 0.3) is 0 Å². The number of carbonyl (C=O) groups is 2. The van der Waals surface area contributed by atoms with E-state index in [0.717, 1.165) is 24.0 Å². The van der Waals surface area contributed by atoms with E-state index in [1.54, 1.807) is 11.8 Å². The number of morpholine rings is 1. The Morgan fingerprint density at radius 3 is 2.31 bits per heavy atom. The maximum Gasteiger partial charge on any atom is 0.276 e. The molecule has 2 aliphatic rings. The molecule has 0 atom stereocenters. The minimum atomic E-state index is -0.0898. The fraction of sp³-hybridized carbons (Fsp3) is 0.500. The Hall–Kier alpha value is -2.67. The SMILES string of the molecule is Cc1ccccc1C(=O)N1CCC(c2nc(C(=O)N3CCOCC3)c(C)o2)CC1. The van der Waals surface area contributed by atoms with Gasteiger partial charge in [0.2, 0.25) is 0 Å². The monoisotopic (exact) mass is 397 g/mol. The predicted octanol–water partition coefficient (Wildman–Crippen LogP) is 2.78. The van der Waals surface area contributed by atoms with Gasteiger partial charge in [-0.25, -0.2) is 4.98 Å².